The highest BCUT2D eigenvalue weighted by molar-refractivity contribution is 5.98. The standard InChI is InChI=1S/C24H27F2N3O3/c1-27-22(30)19-7-6-18(15-21(19)32-2)29-11-3-4-16-14-17(5-8-20(16)29)23(31)28-12-9-24(25,26)10-13-28/h5-8,14-15H,3-4,9-13H2,1-2H3,(H,27,30). The lowest BCUT2D eigenvalue weighted by atomic mass is 9.97. The van der Waals surface area contributed by atoms with Crippen molar-refractivity contribution in [1.29, 1.82) is 0 Å². The van der Waals surface area contributed by atoms with Gasteiger partial charge in [0, 0.05) is 62.5 Å². The van der Waals surface area contributed by atoms with Crippen LogP contribution in [0.5, 0.6) is 5.75 Å². The summed E-state index contributed by atoms with van der Waals surface area (Å²) in [6, 6.07) is 11.0. The van der Waals surface area contributed by atoms with E-state index in [2.05, 4.69) is 10.2 Å². The van der Waals surface area contributed by atoms with E-state index in [1.165, 1.54) is 12.0 Å². The molecule has 0 saturated carbocycles. The summed E-state index contributed by atoms with van der Waals surface area (Å²) in [5.74, 6) is -2.60. The van der Waals surface area contributed by atoms with E-state index in [1.807, 2.05) is 24.3 Å². The topological polar surface area (TPSA) is 61.9 Å². The van der Waals surface area contributed by atoms with E-state index in [-0.39, 0.29) is 37.7 Å². The highest BCUT2D eigenvalue weighted by atomic mass is 19.3. The van der Waals surface area contributed by atoms with Crippen LogP contribution in [-0.4, -0.2) is 56.4 Å². The third-order valence-electron chi connectivity index (χ3n) is 6.20. The number of aryl methyl sites for hydroxylation is 1. The van der Waals surface area contributed by atoms with Crippen LogP contribution in [0.1, 0.15) is 45.5 Å². The number of carbonyl (C=O) groups is 2. The average molecular weight is 443 g/mol. The van der Waals surface area contributed by atoms with Crippen LogP contribution in [-0.2, 0) is 6.42 Å². The monoisotopic (exact) mass is 443 g/mol. The van der Waals surface area contributed by atoms with Gasteiger partial charge in [0.1, 0.15) is 5.75 Å². The van der Waals surface area contributed by atoms with E-state index >= 15 is 0 Å². The van der Waals surface area contributed by atoms with Crippen molar-refractivity contribution < 1.29 is 23.1 Å². The number of anilines is 2. The Morgan fingerprint density at radius 2 is 1.81 bits per heavy atom. The zero-order valence-electron chi connectivity index (χ0n) is 18.3. The van der Waals surface area contributed by atoms with Crippen LogP contribution in [0.15, 0.2) is 36.4 Å². The molecular formula is C24H27F2N3O3. The fourth-order valence-corrected chi connectivity index (χ4v) is 4.39. The fraction of sp³-hybridized carbons (Fsp3) is 0.417. The lowest BCUT2D eigenvalue weighted by Crippen LogP contribution is -2.42. The van der Waals surface area contributed by atoms with Crippen molar-refractivity contribution in [3.8, 4) is 5.75 Å². The Bertz CT molecular complexity index is 1030. The molecule has 0 spiro atoms. The molecule has 0 radical (unpaired) electrons. The summed E-state index contributed by atoms with van der Waals surface area (Å²) in [6.45, 7) is 0.947. The minimum atomic E-state index is -2.68. The van der Waals surface area contributed by atoms with E-state index in [1.54, 1.807) is 19.2 Å². The molecule has 8 heteroatoms. The minimum absolute atomic E-state index is 0.0759. The van der Waals surface area contributed by atoms with Gasteiger partial charge in [-0.15, -0.1) is 0 Å². The predicted molar refractivity (Wildman–Crippen MR) is 118 cm³/mol. The number of rotatable bonds is 4. The molecule has 0 unspecified atom stereocenters. The molecule has 2 aromatic rings. The van der Waals surface area contributed by atoms with Gasteiger partial charge in [-0.25, -0.2) is 8.78 Å². The van der Waals surface area contributed by atoms with Crippen molar-refractivity contribution in [2.24, 2.45) is 0 Å². The van der Waals surface area contributed by atoms with Crippen LogP contribution in [0.25, 0.3) is 0 Å². The van der Waals surface area contributed by atoms with Crippen LogP contribution in [0.3, 0.4) is 0 Å². The van der Waals surface area contributed by atoms with Crippen LogP contribution >= 0.6 is 0 Å². The number of halogens is 2. The second-order valence-electron chi connectivity index (χ2n) is 8.21. The van der Waals surface area contributed by atoms with Gasteiger partial charge < -0.3 is 19.9 Å². The Morgan fingerprint density at radius 1 is 1.06 bits per heavy atom. The third kappa shape index (κ3) is 4.26. The van der Waals surface area contributed by atoms with E-state index in [9.17, 15) is 18.4 Å². The van der Waals surface area contributed by atoms with Crippen LogP contribution in [0, 0.1) is 0 Å². The molecule has 0 aromatic heterocycles. The Morgan fingerprint density at radius 3 is 2.50 bits per heavy atom. The highest BCUT2D eigenvalue weighted by Gasteiger charge is 2.36. The van der Waals surface area contributed by atoms with Gasteiger partial charge in [0.05, 0.1) is 12.7 Å². The molecule has 2 aliphatic rings. The number of fused-ring (bicyclic) bond motifs is 1. The summed E-state index contributed by atoms with van der Waals surface area (Å²) in [4.78, 5) is 28.6. The quantitative estimate of drug-likeness (QED) is 0.776. The smallest absolute Gasteiger partial charge is 0.254 e. The van der Waals surface area contributed by atoms with Gasteiger partial charge in [-0.05, 0) is 48.7 Å². The number of hydrogen-bond acceptors (Lipinski definition) is 4. The van der Waals surface area contributed by atoms with Gasteiger partial charge >= 0.3 is 0 Å². The molecule has 0 bridgehead atoms. The summed E-state index contributed by atoms with van der Waals surface area (Å²) < 4.78 is 32.3. The number of nitrogens with zero attached hydrogens (tertiary/aromatic N) is 2. The number of amides is 2. The number of likely N-dealkylation sites (tertiary alicyclic amines) is 1. The van der Waals surface area contributed by atoms with E-state index < -0.39 is 5.92 Å². The lowest BCUT2D eigenvalue weighted by Gasteiger charge is -2.33. The van der Waals surface area contributed by atoms with Gasteiger partial charge in [0.15, 0.2) is 0 Å². The normalized spacial score (nSPS) is 17.5. The van der Waals surface area contributed by atoms with Crippen molar-refractivity contribution >= 4 is 23.2 Å². The first-order chi connectivity index (χ1) is 15.3. The summed E-state index contributed by atoms with van der Waals surface area (Å²) in [7, 11) is 3.11. The molecule has 1 saturated heterocycles. The third-order valence-corrected chi connectivity index (χ3v) is 6.20. The molecule has 6 nitrogen and oxygen atoms in total. The first-order valence-corrected chi connectivity index (χ1v) is 10.8. The molecule has 0 aliphatic carbocycles. The van der Waals surface area contributed by atoms with Crippen LogP contribution < -0.4 is 15.0 Å². The molecule has 0 atom stereocenters. The molecule has 1 fully saturated rings. The number of ether oxygens (including phenoxy) is 1. The Hall–Kier alpha value is -3.16. The molecule has 1 N–H and O–H groups in total. The predicted octanol–water partition coefficient (Wildman–Crippen LogP) is 4.01. The van der Waals surface area contributed by atoms with E-state index in [0.29, 0.717) is 16.9 Å². The highest BCUT2D eigenvalue weighted by Crippen LogP contribution is 2.37. The number of alkyl halides is 2. The van der Waals surface area contributed by atoms with E-state index in [0.717, 1.165) is 36.3 Å². The second-order valence-corrected chi connectivity index (χ2v) is 8.21. The number of benzene rings is 2. The number of nitrogens with one attached hydrogen (secondary N) is 1. The van der Waals surface area contributed by atoms with Gasteiger partial charge in [0.2, 0.25) is 0 Å². The van der Waals surface area contributed by atoms with Gasteiger partial charge in [-0.3, -0.25) is 9.59 Å². The van der Waals surface area contributed by atoms with Crippen LogP contribution in [0.4, 0.5) is 20.2 Å². The summed E-state index contributed by atoms with van der Waals surface area (Å²) in [5, 5.41) is 2.61. The molecule has 2 amide bonds. The zero-order chi connectivity index (χ0) is 22.9. The Labute approximate surface area is 186 Å². The molecular weight excluding hydrogens is 416 g/mol. The summed E-state index contributed by atoms with van der Waals surface area (Å²) >= 11 is 0. The molecule has 2 aromatic carbocycles. The van der Waals surface area contributed by atoms with Crippen molar-refractivity contribution in [3.63, 3.8) is 0 Å². The Kier molecular flexibility index (Phi) is 6.04. The SMILES string of the molecule is CNC(=O)c1ccc(N2CCCc3cc(C(=O)N4CCC(F)(F)CC4)ccc32)cc1OC. The molecule has 170 valence electrons. The lowest BCUT2D eigenvalue weighted by molar-refractivity contribution is -0.0494. The fourth-order valence-electron chi connectivity index (χ4n) is 4.39. The van der Waals surface area contributed by atoms with Crippen molar-refractivity contribution in [2.75, 3.05) is 38.7 Å². The second kappa shape index (κ2) is 8.76. The average Bonchev–Trinajstić information content (AvgIpc) is 2.82. The van der Waals surface area contributed by atoms with Crippen molar-refractivity contribution in [3.05, 3.63) is 53.1 Å². The first kappa shape index (κ1) is 22.0. The summed E-state index contributed by atoms with van der Waals surface area (Å²) in [5.41, 5.74) is 3.92. The van der Waals surface area contributed by atoms with Crippen molar-refractivity contribution in [2.45, 2.75) is 31.6 Å². The maximum absolute atomic E-state index is 13.4. The minimum Gasteiger partial charge on any atom is -0.496 e. The molecule has 32 heavy (non-hydrogen) atoms. The number of carbonyl (C=O) groups excluding carboxylic acids is 2. The maximum Gasteiger partial charge on any atom is 0.254 e. The van der Waals surface area contributed by atoms with Gasteiger partial charge in [-0.1, -0.05) is 0 Å². The number of hydrogen-bond donors (Lipinski definition) is 1. The summed E-state index contributed by atoms with van der Waals surface area (Å²) in [6.07, 6.45) is 1.16. The first-order valence-electron chi connectivity index (χ1n) is 10.8. The number of methoxy groups -OCH3 is 1. The Balaban J connectivity index is 1.59. The molecule has 4 rings (SSSR count). The van der Waals surface area contributed by atoms with E-state index in [4.69, 9.17) is 4.74 Å². The number of piperidine rings is 1. The largest absolute Gasteiger partial charge is 0.496 e. The van der Waals surface area contributed by atoms with Crippen molar-refractivity contribution in [1.82, 2.24) is 10.2 Å². The zero-order valence-corrected chi connectivity index (χ0v) is 18.3. The van der Waals surface area contributed by atoms with Gasteiger partial charge in [0.25, 0.3) is 17.7 Å². The molecule has 2 heterocycles. The maximum atomic E-state index is 13.4. The van der Waals surface area contributed by atoms with Crippen LogP contribution in [0.2, 0.25) is 0 Å². The molecule has 2 aliphatic heterocycles. The van der Waals surface area contributed by atoms with Gasteiger partial charge in [-0.2, -0.15) is 0 Å².